The largest absolute Gasteiger partial charge is 0.497 e. The van der Waals surface area contributed by atoms with Crippen molar-refractivity contribution in [1.82, 2.24) is 25.3 Å². The zero-order chi connectivity index (χ0) is 28.6. The van der Waals surface area contributed by atoms with E-state index in [4.69, 9.17) is 9.47 Å². The Morgan fingerprint density at radius 1 is 1.20 bits per heavy atom. The smallest absolute Gasteiger partial charge is 0.246 e. The number of nitrogens with one attached hydrogen (secondary N) is 2. The number of rotatable bonds is 7. The first kappa shape index (κ1) is 28.6. The Balaban J connectivity index is 1.20. The molecule has 1 aromatic carbocycles. The van der Waals surface area contributed by atoms with Crippen LogP contribution in [0.4, 0.5) is 0 Å². The molecule has 2 aliphatic carbocycles. The molecule has 3 heterocycles. The quantitative estimate of drug-likeness (QED) is 0.490. The van der Waals surface area contributed by atoms with Crippen LogP contribution in [0.2, 0.25) is 0 Å². The van der Waals surface area contributed by atoms with Gasteiger partial charge in [0.15, 0.2) is 6.35 Å². The maximum absolute atomic E-state index is 12.6. The van der Waals surface area contributed by atoms with Crippen molar-refractivity contribution in [2.45, 2.75) is 82.0 Å². The molecule has 0 aromatic heterocycles. The number of nitrogens with zero attached hydrogens (tertiary/aromatic N) is 4. The van der Waals surface area contributed by atoms with Crippen LogP contribution in [0.3, 0.4) is 0 Å². The van der Waals surface area contributed by atoms with Gasteiger partial charge in [0.1, 0.15) is 5.75 Å². The van der Waals surface area contributed by atoms with Crippen LogP contribution in [-0.4, -0.2) is 98.2 Å². The van der Waals surface area contributed by atoms with E-state index >= 15 is 0 Å². The summed E-state index contributed by atoms with van der Waals surface area (Å²) in [5.41, 5.74) is 3.17. The number of hydrogen-bond donors (Lipinski definition) is 2. The molecular weight excluding hydrogens is 516 g/mol. The Labute approximate surface area is 244 Å². The third-order valence-corrected chi connectivity index (χ3v) is 10.6. The van der Waals surface area contributed by atoms with Crippen molar-refractivity contribution >= 4 is 5.91 Å². The summed E-state index contributed by atoms with van der Waals surface area (Å²) in [5.74, 6) is 1.29. The second-order valence-corrected chi connectivity index (χ2v) is 13.0. The van der Waals surface area contributed by atoms with Crippen LogP contribution in [0, 0.1) is 22.7 Å². The number of hydrogen-bond acceptors (Lipinski definition) is 8. The number of amides is 1. The summed E-state index contributed by atoms with van der Waals surface area (Å²) >= 11 is 0. The minimum absolute atomic E-state index is 0.0834. The number of nitriles is 1. The van der Waals surface area contributed by atoms with Crippen molar-refractivity contribution in [3.05, 3.63) is 42.0 Å². The highest BCUT2D eigenvalue weighted by molar-refractivity contribution is 5.87. The Morgan fingerprint density at radius 2 is 2.05 bits per heavy atom. The minimum atomic E-state index is -0.225. The fourth-order valence-corrected chi connectivity index (χ4v) is 8.42. The third kappa shape index (κ3) is 5.78. The molecule has 1 aromatic rings. The number of likely N-dealkylation sites (N-methyl/N-ethyl adjacent to an activating group) is 1. The molecule has 1 amide bonds. The minimum Gasteiger partial charge on any atom is -0.497 e. The van der Waals surface area contributed by atoms with Gasteiger partial charge < -0.3 is 19.3 Å². The molecule has 3 aliphatic heterocycles. The van der Waals surface area contributed by atoms with Crippen LogP contribution in [0.25, 0.3) is 0 Å². The van der Waals surface area contributed by atoms with Crippen molar-refractivity contribution in [2.75, 3.05) is 46.9 Å². The van der Waals surface area contributed by atoms with Crippen LogP contribution >= 0.6 is 0 Å². The average Bonchev–Trinajstić information content (AvgIpc) is 3.56. The zero-order valence-electron chi connectivity index (χ0n) is 24.7. The fourth-order valence-electron chi connectivity index (χ4n) is 8.42. The van der Waals surface area contributed by atoms with Crippen molar-refractivity contribution < 1.29 is 14.3 Å². The summed E-state index contributed by atoms with van der Waals surface area (Å²) in [5, 5.41) is 17.3. The summed E-state index contributed by atoms with van der Waals surface area (Å²) < 4.78 is 12.1. The molecule has 6 rings (SSSR count). The van der Waals surface area contributed by atoms with Crippen LogP contribution in [0.1, 0.15) is 49.7 Å². The number of carbonyl (C=O) groups is 1. The van der Waals surface area contributed by atoms with E-state index in [0.29, 0.717) is 44.1 Å². The molecule has 222 valence electrons. The third-order valence-electron chi connectivity index (χ3n) is 10.6. The summed E-state index contributed by atoms with van der Waals surface area (Å²) in [6.45, 7) is 7.60. The highest BCUT2D eigenvalue weighted by Gasteiger charge is 2.51. The molecule has 3 saturated heterocycles. The second kappa shape index (κ2) is 12.0. The van der Waals surface area contributed by atoms with E-state index in [1.165, 1.54) is 36.5 Å². The van der Waals surface area contributed by atoms with E-state index in [1.54, 1.807) is 7.11 Å². The molecule has 9 nitrogen and oxygen atoms in total. The summed E-state index contributed by atoms with van der Waals surface area (Å²) in [6.07, 6.45) is 9.69. The molecule has 0 bridgehead atoms. The topological polar surface area (TPSA) is 93.1 Å². The Morgan fingerprint density at radius 3 is 2.80 bits per heavy atom. The highest BCUT2D eigenvalue weighted by Crippen LogP contribution is 2.50. The number of ether oxygens (including phenoxy) is 2. The molecule has 41 heavy (non-hydrogen) atoms. The molecule has 9 heteroatoms. The molecule has 4 fully saturated rings. The van der Waals surface area contributed by atoms with Crippen LogP contribution in [-0.2, 0) is 22.4 Å². The van der Waals surface area contributed by atoms with E-state index in [-0.39, 0.29) is 29.9 Å². The summed E-state index contributed by atoms with van der Waals surface area (Å²) in [7, 11) is 3.94. The van der Waals surface area contributed by atoms with Crippen molar-refractivity contribution in [1.29, 1.82) is 5.26 Å². The first-order chi connectivity index (χ1) is 19.9. The lowest BCUT2D eigenvalue weighted by molar-refractivity contribution is -0.137. The lowest BCUT2D eigenvalue weighted by Gasteiger charge is -2.55. The van der Waals surface area contributed by atoms with Gasteiger partial charge in [-0.05, 0) is 93.3 Å². The van der Waals surface area contributed by atoms with Gasteiger partial charge in [-0.2, -0.15) is 5.26 Å². The highest BCUT2D eigenvalue weighted by atomic mass is 16.5. The Bertz CT molecular complexity index is 1170. The van der Waals surface area contributed by atoms with Gasteiger partial charge in [-0.15, -0.1) is 0 Å². The van der Waals surface area contributed by atoms with E-state index in [9.17, 15) is 10.1 Å². The van der Waals surface area contributed by atoms with Crippen molar-refractivity contribution in [2.24, 2.45) is 11.3 Å². The van der Waals surface area contributed by atoms with E-state index < -0.39 is 0 Å². The number of likely N-dealkylation sites (tertiary alicyclic amines) is 1. The predicted octanol–water partition coefficient (Wildman–Crippen LogP) is 2.47. The van der Waals surface area contributed by atoms with E-state index in [2.05, 4.69) is 58.3 Å². The standard InChI is InChI=1S/C32H46N6O3/c1-4-29(39)38-15-14-37(20-24(38)10-12-33)30-27-9-11-32(17-22-7-8-26(40-3)16-23(22)18-32)19-28(27)34-31(35-30)41-21-25-6-5-13-36(25)2/h4,7-8,16,24-25,27-28,30-31,34-35H,1,5-6,9-11,13-15,17-21H2,2-3H3. The Kier molecular flexibility index (Phi) is 8.39. The lowest BCUT2D eigenvalue weighted by atomic mass is 9.65. The zero-order valence-corrected chi connectivity index (χ0v) is 24.7. The molecule has 7 atom stereocenters. The molecule has 0 radical (unpaired) electrons. The van der Waals surface area contributed by atoms with Gasteiger partial charge in [0.25, 0.3) is 0 Å². The van der Waals surface area contributed by atoms with Crippen LogP contribution in [0.5, 0.6) is 5.75 Å². The van der Waals surface area contributed by atoms with Gasteiger partial charge in [-0.1, -0.05) is 12.6 Å². The van der Waals surface area contributed by atoms with Gasteiger partial charge in [0, 0.05) is 37.6 Å². The molecule has 7 unspecified atom stereocenters. The van der Waals surface area contributed by atoms with E-state index in [1.807, 2.05) is 4.90 Å². The number of fused-ring (bicyclic) bond motifs is 2. The average molecular weight is 563 g/mol. The van der Waals surface area contributed by atoms with Gasteiger partial charge in [0.2, 0.25) is 5.91 Å². The SMILES string of the molecule is C=CC(=O)N1CCN(C2NC(OCC3CCCN3C)NC3CC4(CCC32)Cc2ccc(OC)cc2C4)CC1CC#N. The maximum atomic E-state index is 12.6. The monoisotopic (exact) mass is 562 g/mol. The van der Waals surface area contributed by atoms with Gasteiger partial charge in [0.05, 0.1) is 38.4 Å². The van der Waals surface area contributed by atoms with Crippen LogP contribution < -0.4 is 15.4 Å². The second-order valence-electron chi connectivity index (χ2n) is 13.0. The van der Waals surface area contributed by atoms with Crippen LogP contribution in [0.15, 0.2) is 30.9 Å². The fraction of sp³-hybridized carbons (Fsp3) is 0.688. The summed E-state index contributed by atoms with van der Waals surface area (Å²) in [4.78, 5) is 19.3. The van der Waals surface area contributed by atoms with Gasteiger partial charge in [-0.25, -0.2) is 0 Å². The molecular formula is C32H46N6O3. The predicted molar refractivity (Wildman–Crippen MR) is 157 cm³/mol. The molecule has 1 saturated carbocycles. The maximum Gasteiger partial charge on any atom is 0.246 e. The Hall–Kier alpha value is -2.48. The van der Waals surface area contributed by atoms with Crippen molar-refractivity contribution in [3.8, 4) is 11.8 Å². The molecule has 2 N–H and O–H groups in total. The number of benzene rings is 1. The lowest BCUT2D eigenvalue weighted by Crippen LogP contribution is -2.72. The number of methoxy groups -OCH3 is 1. The van der Waals surface area contributed by atoms with E-state index in [0.717, 1.165) is 44.5 Å². The summed E-state index contributed by atoms with van der Waals surface area (Å²) in [6, 6.07) is 9.57. The number of carbonyl (C=O) groups excluding carboxylic acids is 1. The van der Waals surface area contributed by atoms with Gasteiger partial charge >= 0.3 is 0 Å². The van der Waals surface area contributed by atoms with Crippen molar-refractivity contribution in [3.63, 3.8) is 0 Å². The first-order valence-corrected chi connectivity index (χ1v) is 15.5. The first-order valence-electron chi connectivity index (χ1n) is 15.5. The molecule has 1 spiro atoms. The van der Waals surface area contributed by atoms with Gasteiger partial charge in [-0.3, -0.25) is 20.3 Å². The normalized spacial score (nSPS) is 35.6. The molecule has 5 aliphatic rings. The number of piperazine rings is 1.